The van der Waals surface area contributed by atoms with E-state index < -0.39 is 0 Å². The predicted octanol–water partition coefficient (Wildman–Crippen LogP) is 4.38. The van der Waals surface area contributed by atoms with Crippen LogP contribution in [0.4, 0.5) is 0 Å². The summed E-state index contributed by atoms with van der Waals surface area (Å²) in [5.74, 6) is 0.344. The third-order valence-electron chi connectivity index (χ3n) is 3.66. The van der Waals surface area contributed by atoms with Crippen LogP contribution in [0.15, 0.2) is 34.1 Å². The monoisotopic (exact) mass is 337 g/mol. The molecule has 1 heterocycles. The first-order valence-electron chi connectivity index (χ1n) is 6.51. The Morgan fingerprint density at radius 2 is 2.26 bits per heavy atom. The highest BCUT2D eigenvalue weighted by molar-refractivity contribution is 9.10. The summed E-state index contributed by atoms with van der Waals surface area (Å²) < 4.78 is 0.756. The van der Waals surface area contributed by atoms with Crippen LogP contribution in [0.1, 0.15) is 34.9 Å². The molecule has 100 valence electrons. The highest BCUT2D eigenvalue weighted by Crippen LogP contribution is 2.34. The molecule has 0 aliphatic heterocycles. The summed E-state index contributed by atoms with van der Waals surface area (Å²) in [7, 11) is 0. The quantitative estimate of drug-likeness (QED) is 0.870. The molecule has 1 unspecified atom stereocenters. The lowest BCUT2D eigenvalue weighted by atomic mass is 9.94. The van der Waals surface area contributed by atoms with Gasteiger partial charge in [0.1, 0.15) is 5.75 Å². The van der Waals surface area contributed by atoms with Crippen LogP contribution in [-0.4, -0.2) is 5.11 Å². The third kappa shape index (κ3) is 2.71. The lowest BCUT2D eigenvalue weighted by molar-refractivity contribution is 0.438. The number of halogens is 1. The van der Waals surface area contributed by atoms with E-state index in [0.717, 1.165) is 10.0 Å². The lowest BCUT2D eigenvalue weighted by Gasteiger charge is -2.24. The van der Waals surface area contributed by atoms with Crippen LogP contribution >= 0.6 is 27.3 Å². The van der Waals surface area contributed by atoms with Gasteiger partial charge in [-0.05, 0) is 58.3 Å². The van der Waals surface area contributed by atoms with Crippen molar-refractivity contribution in [3.8, 4) is 5.75 Å². The second-order valence-corrected chi connectivity index (χ2v) is 6.73. The molecule has 0 bridgehead atoms. The number of nitrogens with one attached hydrogen (secondary N) is 1. The van der Waals surface area contributed by atoms with Crippen molar-refractivity contribution < 1.29 is 5.11 Å². The van der Waals surface area contributed by atoms with Crippen molar-refractivity contribution in [2.24, 2.45) is 0 Å². The van der Waals surface area contributed by atoms with E-state index in [1.807, 2.05) is 29.5 Å². The molecule has 2 aromatic rings. The van der Waals surface area contributed by atoms with E-state index >= 15 is 0 Å². The first-order chi connectivity index (χ1) is 9.25. The molecule has 0 spiro atoms. The van der Waals surface area contributed by atoms with Crippen LogP contribution in [0.3, 0.4) is 0 Å². The standard InChI is InChI=1S/C15H16BrNOS/c16-12-4-1-3-10(15(12)18)9-17-13-5-2-6-14-11(13)7-8-19-14/h1,3-4,7-8,13,17-18H,2,5-6,9H2. The van der Waals surface area contributed by atoms with Crippen LogP contribution in [0, 0.1) is 0 Å². The molecule has 0 fully saturated rings. The Morgan fingerprint density at radius 1 is 1.37 bits per heavy atom. The van der Waals surface area contributed by atoms with Gasteiger partial charge < -0.3 is 10.4 Å². The molecule has 0 amide bonds. The zero-order chi connectivity index (χ0) is 13.2. The summed E-state index contributed by atoms with van der Waals surface area (Å²) in [4.78, 5) is 1.52. The molecule has 0 saturated heterocycles. The fourth-order valence-corrected chi connectivity index (χ4v) is 4.03. The number of hydrogen-bond acceptors (Lipinski definition) is 3. The van der Waals surface area contributed by atoms with Crippen molar-refractivity contribution >= 4 is 27.3 Å². The van der Waals surface area contributed by atoms with Gasteiger partial charge in [-0.1, -0.05) is 12.1 Å². The van der Waals surface area contributed by atoms with Gasteiger partial charge in [0, 0.05) is 23.0 Å². The third-order valence-corrected chi connectivity index (χ3v) is 5.30. The van der Waals surface area contributed by atoms with Gasteiger partial charge in [0.25, 0.3) is 0 Å². The zero-order valence-corrected chi connectivity index (χ0v) is 12.9. The Morgan fingerprint density at radius 3 is 3.16 bits per heavy atom. The molecule has 4 heteroatoms. The number of benzene rings is 1. The number of phenolic OH excluding ortho intramolecular Hbond substituents is 1. The summed E-state index contributed by atoms with van der Waals surface area (Å²) in [6.07, 6.45) is 3.64. The first kappa shape index (κ1) is 13.2. The van der Waals surface area contributed by atoms with Gasteiger partial charge in [-0.3, -0.25) is 0 Å². The van der Waals surface area contributed by atoms with Crippen molar-refractivity contribution in [2.45, 2.75) is 31.8 Å². The van der Waals surface area contributed by atoms with Crippen molar-refractivity contribution in [1.82, 2.24) is 5.32 Å². The van der Waals surface area contributed by atoms with E-state index in [9.17, 15) is 5.11 Å². The Kier molecular flexibility index (Phi) is 3.91. The maximum atomic E-state index is 10.00. The summed E-state index contributed by atoms with van der Waals surface area (Å²) in [6.45, 7) is 0.700. The highest BCUT2D eigenvalue weighted by Gasteiger charge is 2.20. The number of para-hydroxylation sites is 1. The number of hydrogen-bond donors (Lipinski definition) is 2. The fourth-order valence-electron chi connectivity index (χ4n) is 2.63. The van der Waals surface area contributed by atoms with Gasteiger partial charge in [-0.2, -0.15) is 0 Å². The molecule has 1 aromatic heterocycles. The maximum Gasteiger partial charge on any atom is 0.134 e. The molecular formula is C15H16BrNOS. The van der Waals surface area contributed by atoms with E-state index in [1.54, 1.807) is 0 Å². The van der Waals surface area contributed by atoms with E-state index in [2.05, 4.69) is 32.7 Å². The maximum absolute atomic E-state index is 10.00. The molecule has 1 aliphatic rings. The Labute approximate surface area is 125 Å². The minimum absolute atomic E-state index is 0.344. The van der Waals surface area contributed by atoms with Crippen molar-refractivity contribution in [3.63, 3.8) is 0 Å². The number of aryl methyl sites for hydroxylation is 1. The second-order valence-electron chi connectivity index (χ2n) is 4.87. The summed E-state index contributed by atoms with van der Waals surface area (Å²) in [5, 5.41) is 15.8. The number of aromatic hydroxyl groups is 1. The van der Waals surface area contributed by atoms with E-state index in [0.29, 0.717) is 18.3 Å². The summed E-state index contributed by atoms with van der Waals surface area (Å²) >= 11 is 5.22. The van der Waals surface area contributed by atoms with Crippen LogP contribution in [0.25, 0.3) is 0 Å². The molecule has 0 radical (unpaired) electrons. The normalized spacial score (nSPS) is 18.3. The molecule has 19 heavy (non-hydrogen) atoms. The highest BCUT2D eigenvalue weighted by atomic mass is 79.9. The molecule has 2 nitrogen and oxygen atoms in total. The number of rotatable bonds is 3. The van der Waals surface area contributed by atoms with Crippen LogP contribution in [0.2, 0.25) is 0 Å². The molecule has 0 saturated carbocycles. The van der Waals surface area contributed by atoms with Crippen molar-refractivity contribution in [3.05, 3.63) is 50.1 Å². The number of thiophene rings is 1. The van der Waals surface area contributed by atoms with Gasteiger partial charge in [0.05, 0.1) is 4.47 Å². The van der Waals surface area contributed by atoms with Crippen LogP contribution < -0.4 is 5.32 Å². The van der Waals surface area contributed by atoms with E-state index in [-0.39, 0.29) is 0 Å². The second kappa shape index (κ2) is 5.65. The van der Waals surface area contributed by atoms with Gasteiger partial charge in [0.2, 0.25) is 0 Å². The zero-order valence-electron chi connectivity index (χ0n) is 10.5. The Hall–Kier alpha value is -0.840. The largest absolute Gasteiger partial charge is 0.506 e. The molecule has 2 N–H and O–H groups in total. The van der Waals surface area contributed by atoms with Gasteiger partial charge in [-0.15, -0.1) is 11.3 Å². The number of fused-ring (bicyclic) bond motifs is 1. The topological polar surface area (TPSA) is 32.3 Å². The fraction of sp³-hybridized carbons (Fsp3) is 0.333. The minimum Gasteiger partial charge on any atom is -0.506 e. The molecule has 1 aliphatic carbocycles. The lowest BCUT2D eigenvalue weighted by Crippen LogP contribution is -2.23. The smallest absolute Gasteiger partial charge is 0.134 e. The summed E-state index contributed by atoms with van der Waals surface area (Å²) in [5.41, 5.74) is 2.39. The van der Waals surface area contributed by atoms with Crippen LogP contribution in [0.5, 0.6) is 5.75 Å². The van der Waals surface area contributed by atoms with Crippen molar-refractivity contribution in [2.75, 3.05) is 0 Å². The SMILES string of the molecule is Oc1c(Br)cccc1CNC1CCCc2sccc21. The number of phenols is 1. The van der Waals surface area contributed by atoms with Crippen molar-refractivity contribution in [1.29, 1.82) is 0 Å². The Bertz CT molecular complexity index is 581. The van der Waals surface area contributed by atoms with E-state index in [4.69, 9.17) is 0 Å². The van der Waals surface area contributed by atoms with E-state index in [1.165, 1.54) is 29.7 Å². The van der Waals surface area contributed by atoms with Crippen LogP contribution in [-0.2, 0) is 13.0 Å². The first-order valence-corrected chi connectivity index (χ1v) is 8.19. The molecule has 1 aromatic carbocycles. The average molecular weight is 338 g/mol. The molecular weight excluding hydrogens is 322 g/mol. The molecule has 3 rings (SSSR count). The van der Waals surface area contributed by atoms with Gasteiger partial charge in [-0.25, -0.2) is 0 Å². The predicted molar refractivity (Wildman–Crippen MR) is 82.6 cm³/mol. The average Bonchev–Trinajstić information content (AvgIpc) is 2.89. The summed E-state index contributed by atoms with van der Waals surface area (Å²) in [6, 6.07) is 8.43. The van der Waals surface area contributed by atoms with Gasteiger partial charge >= 0.3 is 0 Å². The molecule has 1 atom stereocenters. The Balaban J connectivity index is 1.73. The van der Waals surface area contributed by atoms with Gasteiger partial charge in [0.15, 0.2) is 0 Å². The minimum atomic E-state index is 0.344.